The van der Waals surface area contributed by atoms with Crippen LogP contribution in [-0.2, 0) is 12.2 Å². The molecule has 0 bridgehead atoms. The number of para-hydroxylation sites is 2. The molecule has 0 fully saturated rings. The van der Waals surface area contributed by atoms with Crippen LogP contribution in [0, 0.1) is 5.82 Å². The summed E-state index contributed by atoms with van der Waals surface area (Å²) in [5.41, 5.74) is 2.40. The molecule has 152 valence electrons. The number of thioether (sulfide) groups is 1. The summed E-state index contributed by atoms with van der Waals surface area (Å²) in [5, 5.41) is 9.87. The van der Waals surface area contributed by atoms with Crippen LogP contribution in [0.15, 0.2) is 78.0 Å². The molecule has 0 radical (unpaired) electrons. The Hall–Kier alpha value is -2.83. The molecule has 4 aromatic rings. The van der Waals surface area contributed by atoms with E-state index in [2.05, 4.69) is 10.2 Å². The van der Waals surface area contributed by atoms with E-state index < -0.39 is 0 Å². The monoisotopic (exact) mass is 439 g/mol. The second-order valence-electron chi connectivity index (χ2n) is 6.56. The van der Waals surface area contributed by atoms with Gasteiger partial charge in [0.25, 0.3) is 0 Å². The molecule has 0 aliphatic heterocycles. The van der Waals surface area contributed by atoms with Crippen LogP contribution in [-0.4, -0.2) is 21.9 Å². The molecule has 1 aromatic heterocycles. The Morgan fingerprint density at radius 1 is 0.967 bits per heavy atom. The summed E-state index contributed by atoms with van der Waals surface area (Å²) in [5.74, 6) is 1.48. The number of hydrogen-bond acceptors (Lipinski definition) is 4. The van der Waals surface area contributed by atoms with Crippen molar-refractivity contribution in [3.63, 3.8) is 0 Å². The second-order valence-corrected chi connectivity index (χ2v) is 7.91. The Bertz CT molecular complexity index is 1130. The van der Waals surface area contributed by atoms with E-state index in [1.807, 2.05) is 59.2 Å². The van der Waals surface area contributed by atoms with E-state index in [1.54, 1.807) is 19.2 Å². The fraction of sp³-hybridized carbons (Fsp3) is 0.130. The Balaban J connectivity index is 1.73. The lowest BCUT2D eigenvalue weighted by Gasteiger charge is -2.14. The molecule has 4 rings (SSSR count). The smallest absolute Gasteiger partial charge is 0.196 e. The average Bonchev–Trinajstić information content (AvgIpc) is 3.16. The summed E-state index contributed by atoms with van der Waals surface area (Å²) < 4.78 is 21.8. The van der Waals surface area contributed by atoms with E-state index in [9.17, 15) is 4.39 Å². The summed E-state index contributed by atoms with van der Waals surface area (Å²) in [4.78, 5) is 0. The molecule has 0 N–H and O–H groups in total. The van der Waals surface area contributed by atoms with Crippen molar-refractivity contribution in [3.8, 4) is 11.4 Å². The van der Waals surface area contributed by atoms with E-state index in [1.165, 1.54) is 17.8 Å². The van der Waals surface area contributed by atoms with E-state index in [0.717, 1.165) is 17.1 Å². The Kier molecular flexibility index (Phi) is 6.35. The zero-order chi connectivity index (χ0) is 20.9. The number of nitrogens with zero attached hydrogens (tertiary/aromatic N) is 3. The molecule has 0 unspecified atom stereocenters. The van der Waals surface area contributed by atoms with Crippen molar-refractivity contribution in [1.82, 2.24) is 14.8 Å². The van der Waals surface area contributed by atoms with Gasteiger partial charge in [0.05, 0.1) is 12.8 Å². The van der Waals surface area contributed by atoms with Crippen LogP contribution in [0.2, 0.25) is 5.02 Å². The topological polar surface area (TPSA) is 39.9 Å². The molecule has 0 aliphatic carbocycles. The Labute approximate surface area is 183 Å². The van der Waals surface area contributed by atoms with Crippen LogP contribution in [0.25, 0.3) is 5.69 Å². The van der Waals surface area contributed by atoms with Gasteiger partial charge in [0.2, 0.25) is 0 Å². The molecule has 0 aliphatic rings. The van der Waals surface area contributed by atoms with Gasteiger partial charge in [-0.1, -0.05) is 71.9 Å². The number of halogens is 2. The second kappa shape index (κ2) is 9.32. The van der Waals surface area contributed by atoms with Gasteiger partial charge in [-0.15, -0.1) is 10.2 Å². The molecule has 0 saturated heterocycles. The first kappa shape index (κ1) is 20.4. The van der Waals surface area contributed by atoms with Gasteiger partial charge in [-0.05, 0) is 29.8 Å². The van der Waals surface area contributed by atoms with Gasteiger partial charge in [0.1, 0.15) is 17.4 Å². The lowest BCUT2D eigenvalue weighted by atomic mass is 10.1. The Morgan fingerprint density at radius 3 is 2.50 bits per heavy atom. The van der Waals surface area contributed by atoms with Crippen LogP contribution in [0.4, 0.5) is 4.39 Å². The van der Waals surface area contributed by atoms with Gasteiger partial charge < -0.3 is 4.74 Å². The van der Waals surface area contributed by atoms with E-state index in [0.29, 0.717) is 33.7 Å². The van der Waals surface area contributed by atoms with E-state index in [4.69, 9.17) is 16.3 Å². The van der Waals surface area contributed by atoms with Gasteiger partial charge in [-0.3, -0.25) is 4.57 Å². The lowest BCUT2D eigenvalue weighted by molar-refractivity contribution is 0.411. The fourth-order valence-electron chi connectivity index (χ4n) is 3.15. The fourth-order valence-corrected chi connectivity index (χ4v) is 4.46. The van der Waals surface area contributed by atoms with Crippen LogP contribution >= 0.6 is 23.4 Å². The van der Waals surface area contributed by atoms with Gasteiger partial charge in [0, 0.05) is 22.8 Å². The predicted octanol–water partition coefficient (Wildman–Crippen LogP) is 5.95. The highest BCUT2D eigenvalue weighted by molar-refractivity contribution is 7.98. The highest BCUT2D eigenvalue weighted by Crippen LogP contribution is 2.32. The molecule has 0 amide bonds. The van der Waals surface area contributed by atoms with Crippen molar-refractivity contribution in [2.75, 3.05) is 7.11 Å². The molecule has 30 heavy (non-hydrogen) atoms. The van der Waals surface area contributed by atoms with Crippen molar-refractivity contribution >= 4 is 23.4 Å². The molecule has 1 heterocycles. The molecular weight excluding hydrogens is 421 g/mol. The first-order chi connectivity index (χ1) is 14.7. The van der Waals surface area contributed by atoms with Crippen LogP contribution in [0.5, 0.6) is 5.75 Å². The number of aromatic nitrogens is 3. The maximum Gasteiger partial charge on any atom is 0.196 e. The maximum atomic E-state index is 14.2. The molecule has 0 spiro atoms. The summed E-state index contributed by atoms with van der Waals surface area (Å²) >= 11 is 7.58. The molecule has 0 atom stereocenters. The Morgan fingerprint density at radius 2 is 1.73 bits per heavy atom. The summed E-state index contributed by atoms with van der Waals surface area (Å²) in [6.45, 7) is 0. The van der Waals surface area contributed by atoms with Gasteiger partial charge in [-0.25, -0.2) is 4.39 Å². The van der Waals surface area contributed by atoms with Crippen LogP contribution in [0.1, 0.15) is 17.0 Å². The van der Waals surface area contributed by atoms with Crippen molar-refractivity contribution in [1.29, 1.82) is 0 Å². The largest absolute Gasteiger partial charge is 0.495 e. The number of hydrogen-bond donors (Lipinski definition) is 0. The highest BCUT2D eigenvalue weighted by atomic mass is 35.5. The molecular formula is C23H19ClFN3OS. The van der Waals surface area contributed by atoms with Crippen molar-refractivity contribution in [2.45, 2.75) is 17.3 Å². The highest BCUT2D eigenvalue weighted by Gasteiger charge is 2.19. The minimum absolute atomic E-state index is 0.331. The van der Waals surface area contributed by atoms with E-state index >= 15 is 0 Å². The molecule has 7 heteroatoms. The summed E-state index contributed by atoms with van der Waals surface area (Å²) in [7, 11) is 1.63. The zero-order valence-electron chi connectivity index (χ0n) is 16.3. The van der Waals surface area contributed by atoms with Crippen molar-refractivity contribution < 1.29 is 9.13 Å². The average molecular weight is 440 g/mol. The van der Waals surface area contributed by atoms with Gasteiger partial charge >= 0.3 is 0 Å². The minimum atomic E-state index is -0.331. The quantitative estimate of drug-likeness (QED) is 0.333. The van der Waals surface area contributed by atoms with Crippen LogP contribution in [0.3, 0.4) is 0 Å². The van der Waals surface area contributed by atoms with Crippen LogP contribution < -0.4 is 4.74 Å². The van der Waals surface area contributed by atoms with Crippen molar-refractivity contribution in [3.05, 3.63) is 101 Å². The normalized spacial score (nSPS) is 10.9. The maximum absolute atomic E-state index is 14.2. The number of ether oxygens (including phenoxy) is 1. The zero-order valence-corrected chi connectivity index (χ0v) is 17.8. The summed E-state index contributed by atoms with van der Waals surface area (Å²) in [6.07, 6.45) is 0.604. The van der Waals surface area contributed by atoms with Crippen molar-refractivity contribution in [2.24, 2.45) is 0 Å². The minimum Gasteiger partial charge on any atom is -0.495 e. The van der Waals surface area contributed by atoms with E-state index in [-0.39, 0.29) is 5.82 Å². The van der Waals surface area contributed by atoms with Gasteiger partial charge in [-0.2, -0.15) is 0 Å². The third kappa shape index (κ3) is 4.35. The predicted molar refractivity (Wildman–Crippen MR) is 118 cm³/mol. The SMILES string of the molecule is COc1ccccc1-n1c(Cc2ccccc2)nnc1SCc1c(F)cccc1Cl. The lowest BCUT2D eigenvalue weighted by Crippen LogP contribution is -2.06. The molecule has 3 aromatic carbocycles. The standard InChI is InChI=1S/C23H19ClFN3OS/c1-29-21-13-6-5-12-20(21)28-22(14-16-8-3-2-4-9-16)26-27-23(28)30-15-17-18(24)10-7-11-19(17)25/h2-13H,14-15H2,1H3. The number of rotatable bonds is 7. The third-order valence-corrected chi connectivity index (χ3v) is 5.95. The first-order valence-electron chi connectivity index (χ1n) is 9.34. The third-order valence-electron chi connectivity index (χ3n) is 4.64. The molecule has 4 nitrogen and oxygen atoms in total. The molecule has 0 saturated carbocycles. The van der Waals surface area contributed by atoms with Gasteiger partial charge in [0.15, 0.2) is 5.16 Å². The number of methoxy groups -OCH3 is 1. The first-order valence-corrected chi connectivity index (χ1v) is 10.7. The number of benzene rings is 3. The summed E-state index contributed by atoms with van der Waals surface area (Å²) in [6, 6.07) is 22.5.